The Labute approximate surface area is 182 Å². The maximum absolute atomic E-state index is 13.2. The molecule has 0 fully saturated rings. The highest BCUT2D eigenvalue weighted by atomic mass is 16.5. The second-order valence-electron chi connectivity index (χ2n) is 7.28. The van der Waals surface area contributed by atoms with E-state index in [0.717, 1.165) is 5.56 Å². The zero-order chi connectivity index (χ0) is 22.4. The zero-order valence-corrected chi connectivity index (χ0v) is 17.8. The fourth-order valence-corrected chi connectivity index (χ4v) is 3.59. The summed E-state index contributed by atoms with van der Waals surface area (Å²) in [4.78, 5) is 12.8. The van der Waals surface area contributed by atoms with E-state index in [0.29, 0.717) is 11.4 Å². The molecule has 3 aromatic rings. The van der Waals surface area contributed by atoms with Crippen LogP contribution in [-0.4, -0.2) is 22.8 Å². The Morgan fingerprint density at radius 1 is 1.10 bits per heavy atom. The molecule has 0 spiro atoms. The van der Waals surface area contributed by atoms with Crippen molar-refractivity contribution in [2.75, 3.05) is 7.11 Å². The molecular formula is C25H26N2O4. The number of carbonyl (C=O) groups excluding carboxylic acids is 1. The van der Waals surface area contributed by atoms with E-state index in [-0.39, 0.29) is 11.5 Å². The highest BCUT2D eigenvalue weighted by molar-refractivity contribution is 5.79. The Hall–Kier alpha value is -3.80. The molecule has 2 aromatic carbocycles. The van der Waals surface area contributed by atoms with Crippen molar-refractivity contribution < 1.29 is 24.3 Å². The zero-order valence-electron chi connectivity index (χ0n) is 17.8. The van der Waals surface area contributed by atoms with Gasteiger partial charge in [-0.2, -0.15) is 0 Å². The minimum atomic E-state index is -0.901. The minimum absolute atomic E-state index is 0.0535. The first-order valence-corrected chi connectivity index (χ1v) is 9.91. The van der Waals surface area contributed by atoms with Crippen LogP contribution in [0.15, 0.2) is 85.2 Å². The van der Waals surface area contributed by atoms with Crippen molar-refractivity contribution in [3.63, 3.8) is 0 Å². The topological polar surface area (TPSA) is 78.4 Å². The van der Waals surface area contributed by atoms with Crippen LogP contribution < -0.4 is 9.67 Å². The quantitative estimate of drug-likeness (QED) is 0.364. The van der Waals surface area contributed by atoms with Gasteiger partial charge in [0, 0.05) is 11.5 Å². The molecule has 0 aliphatic carbocycles. The number of aromatic nitrogens is 2. The molecule has 1 heterocycles. The highest BCUT2D eigenvalue weighted by Crippen LogP contribution is 2.32. The molecule has 0 bridgehead atoms. The van der Waals surface area contributed by atoms with E-state index in [4.69, 9.17) is 4.74 Å². The Morgan fingerprint density at radius 3 is 2.26 bits per heavy atom. The number of benzene rings is 2. The van der Waals surface area contributed by atoms with Gasteiger partial charge in [0.2, 0.25) is 0 Å². The van der Waals surface area contributed by atoms with Crippen molar-refractivity contribution in [2.45, 2.75) is 5.92 Å². The van der Waals surface area contributed by atoms with Gasteiger partial charge in [-0.1, -0.05) is 66.7 Å². The lowest BCUT2D eigenvalue weighted by molar-refractivity contribution is -0.676. The second kappa shape index (κ2) is 9.80. The van der Waals surface area contributed by atoms with Crippen molar-refractivity contribution in [3.05, 3.63) is 102 Å². The van der Waals surface area contributed by atoms with Crippen LogP contribution in [0.2, 0.25) is 0 Å². The van der Waals surface area contributed by atoms with Crippen molar-refractivity contribution in [1.82, 2.24) is 4.57 Å². The van der Waals surface area contributed by atoms with E-state index < -0.39 is 17.8 Å². The molecule has 6 heteroatoms. The summed E-state index contributed by atoms with van der Waals surface area (Å²) >= 11 is 0. The van der Waals surface area contributed by atoms with Crippen LogP contribution in [0, 0.1) is 5.92 Å². The largest absolute Gasteiger partial charge is 0.867 e. The molecule has 160 valence electrons. The van der Waals surface area contributed by atoms with Gasteiger partial charge in [-0.25, -0.2) is 9.13 Å². The summed E-state index contributed by atoms with van der Waals surface area (Å²) in [6.07, 6.45) is 6.55. The lowest BCUT2D eigenvalue weighted by atomic mass is 9.84. The number of hydrogen-bond donors (Lipinski definition) is 1. The van der Waals surface area contributed by atoms with E-state index >= 15 is 0 Å². The van der Waals surface area contributed by atoms with Crippen LogP contribution >= 0.6 is 0 Å². The van der Waals surface area contributed by atoms with E-state index in [1.54, 1.807) is 59.9 Å². The summed E-state index contributed by atoms with van der Waals surface area (Å²) in [6.45, 7) is 0. The van der Waals surface area contributed by atoms with Crippen molar-refractivity contribution in [1.29, 1.82) is 0 Å². The van der Waals surface area contributed by atoms with Gasteiger partial charge < -0.3 is 14.9 Å². The molecule has 0 unspecified atom stereocenters. The fourth-order valence-electron chi connectivity index (χ4n) is 3.59. The summed E-state index contributed by atoms with van der Waals surface area (Å²) in [5.41, 5.74) is 1.34. The van der Waals surface area contributed by atoms with Gasteiger partial charge >= 0.3 is 5.97 Å². The van der Waals surface area contributed by atoms with Crippen LogP contribution in [-0.2, 0) is 23.6 Å². The SMILES string of the molecule is COC(=O)[C@H](/C=C(\O)c1ccccc1)[C@H](/C=C(\[O-])c1n(C)cc[n+]1C)c1ccccc1. The first-order chi connectivity index (χ1) is 14.9. The highest BCUT2D eigenvalue weighted by Gasteiger charge is 2.29. The van der Waals surface area contributed by atoms with Crippen molar-refractivity contribution >= 4 is 17.5 Å². The van der Waals surface area contributed by atoms with Crippen LogP contribution in [0.5, 0.6) is 0 Å². The van der Waals surface area contributed by atoms with Crippen LogP contribution in [0.3, 0.4) is 0 Å². The number of aryl methyl sites for hydroxylation is 2. The smallest absolute Gasteiger partial charge is 0.313 e. The number of aliphatic hydroxyl groups is 1. The van der Waals surface area contributed by atoms with Crippen molar-refractivity contribution in [3.8, 4) is 0 Å². The van der Waals surface area contributed by atoms with E-state index in [1.165, 1.54) is 19.3 Å². The molecule has 2 atom stereocenters. The molecular weight excluding hydrogens is 392 g/mol. The second-order valence-corrected chi connectivity index (χ2v) is 7.28. The van der Waals surface area contributed by atoms with Crippen molar-refractivity contribution in [2.24, 2.45) is 20.0 Å². The maximum atomic E-state index is 13.2. The lowest BCUT2D eigenvalue weighted by Crippen LogP contribution is -2.34. The molecule has 0 saturated carbocycles. The van der Waals surface area contributed by atoms with Gasteiger partial charge in [0.1, 0.15) is 18.2 Å². The molecule has 0 aliphatic rings. The number of ether oxygens (including phenoxy) is 1. The first-order valence-electron chi connectivity index (χ1n) is 9.91. The third-order valence-corrected chi connectivity index (χ3v) is 5.19. The molecule has 6 nitrogen and oxygen atoms in total. The molecule has 1 N–H and O–H groups in total. The molecule has 0 saturated heterocycles. The molecule has 0 aliphatic heterocycles. The number of imidazole rings is 1. The van der Waals surface area contributed by atoms with E-state index in [9.17, 15) is 15.0 Å². The summed E-state index contributed by atoms with van der Waals surface area (Å²) < 4.78 is 8.49. The Balaban J connectivity index is 2.13. The van der Waals surface area contributed by atoms with Gasteiger partial charge in [-0.3, -0.25) is 4.79 Å². The Bertz CT molecular complexity index is 1070. The monoisotopic (exact) mass is 418 g/mol. The average molecular weight is 418 g/mol. The lowest BCUT2D eigenvalue weighted by Gasteiger charge is -2.23. The predicted molar refractivity (Wildman–Crippen MR) is 116 cm³/mol. The average Bonchev–Trinajstić information content (AvgIpc) is 3.14. The number of aliphatic hydroxyl groups excluding tert-OH is 1. The molecule has 31 heavy (non-hydrogen) atoms. The summed E-state index contributed by atoms with van der Waals surface area (Å²) in [6, 6.07) is 18.2. The predicted octanol–water partition coefficient (Wildman–Crippen LogP) is 2.72. The number of carbonyl (C=O) groups is 1. The number of esters is 1. The fraction of sp³-hybridized carbons (Fsp3) is 0.200. The number of methoxy groups -OCH3 is 1. The van der Waals surface area contributed by atoms with Gasteiger partial charge in [-0.05, 0) is 17.4 Å². The van der Waals surface area contributed by atoms with Crippen LogP contribution in [0.4, 0.5) is 0 Å². The number of rotatable bonds is 7. The van der Waals surface area contributed by atoms with Gasteiger partial charge in [0.15, 0.2) is 0 Å². The van der Waals surface area contributed by atoms with Gasteiger partial charge in [0.25, 0.3) is 5.82 Å². The first kappa shape index (κ1) is 21.9. The normalized spacial score (nSPS) is 14.2. The van der Waals surface area contributed by atoms with Gasteiger partial charge in [-0.15, -0.1) is 0 Å². The molecule has 0 radical (unpaired) electrons. The summed E-state index contributed by atoms with van der Waals surface area (Å²) in [5, 5.41) is 23.9. The Kier molecular flexibility index (Phi) is 6.92. The van der Waals surface area contributed by atoms with Crippen LogP contribution in [0.1, 0.15) is 22.9 Å². The Morgan fingerprint density at radius 2 is 1.71 bits per heavy atom. The third-order valence-electron chi connectivity index (χ3n) is 5.19. The minimum Gasteiger partial charge on any atom is -0.867 e. The molecule has 1 aromatic heterocycles. The number of hydrogen-bond acceptors (Lipinski definition) is 4. The van der Waals surface area contributed by atoms with Gasteiger partial charge in [0.05, 0.1) is 27.1 Å². The van der Waals surface area contributed by atoms with Crippen LogP contribution in [0.25, 0.3) is 11.5 Å². The molecule has 3 rings (SSSR count). The summed E-state index contributed by atoms with van der Waals surface area (Å²) in [7, 11) is 4.87. The van der Waals surface area contributed by atoms with E-state index in [2.05, 4.69) is 0 Å². The van der Waals surface area contributed by atoms with E-state index in [1.807, 2.05) is 36.4 Å². The number of nitrogens with zero attached hydrogens (tertiary/aromatic N) is 2. The third kappa shape index (κ3) is 5.04. The standard InChI is InChI=1S/C25H26N2O4/c1-26-14-15-27(2)24(26)23(29)16-20(18-10-6-4-7-11-18)21(25(30)31-3)17-22(28)19-12-8-5-9-13-19/h4-17,20-21H,1-3H3,(H-,28,29)/b22-17-,23-16-/t20-,21-/m1/s1. The summed E-state index contributed by atoms with van der Waals surface area (Å²) in [5.74, 6) is -1.89. The number of allylic oxidation sites excluding steroid dienone is 1. The molecule has 0 amide bonds. The maximum Gasteiger partial charge on any atom is 0.313 e.